The number of carbonyl (C=O) groups is 2. The van der Waals surface area contributed by atoms with Gasteiger partial charge in [0.25, 0.3) is 0 Å². The molecule has 2 heterocycles. The highest BCUT2D eigenvalue weighted by molar-refractivity contribution is 5.76. The van der Waals surface area contributed by atoms with Crippen LogP contribution < -0.4 is 10.1 Å². The van der Waals surface area contributed by atoms with E-state index in [0.29, 0.717) is 25.9 Å². The van der Waals surface area contributed by atoms with Crippen molar-refractivity contribution in [3.05, 3.63) is 47.5 Å². The molecule has 1 aliphatic heterocycles. The summed E-state index contributed by atoms with van der Waals surface area (Å²) in [6.45, 7) is 0.975. The Bertz CT molecular complexity index is 805. The molecule has 0 fully saturated rings. The summed E-state index contributed by atoms with van der Waals surface area (Å²) in [7, 11) is 2.97. The highest BCUT2D eigenvalue weighted by atomic mass is 16.5. The summed E-state index contributed by atoms with van der Waals surface area (Å²) in [6.07, 6.45) is 3.18. The van der Waals surface area contributed by atoms with E-state index in [2.05, 4.69) is 20.0 Å². The largest absolute Gasteiger partial charge is 0.497 e. The molecule has 0 bridgehead atoms. The van der Waals surface area contributed by atoms with Gasteiger partial charge in [0.05, 0.1) is 26.2 Å². The highest BCUT2D eigenvalue weighted by Gasteiger charge is 2.34. The average Bonchev–Trinajstić information content (AvgIpc) is 3.18. The summed E-state index contributed by atoms with van der Waals surface area (Å²) in [6, 6.07) is 7.19. The SMILES string of the molecule is COC(=O)CCCNC(=O)N1CCc2[nH]cnc2C1c1cccc(OC)c1. The zero-order chi connectivity index (χ0) is 19.2. The second-order valence-corrected chi connectivity index (χ2v) is 6.30. The van der Waals surface area contributed by atoms with Gasteiger partial charge in [-0.15, -0.1) is 0 Å². The van der Waals surface area contributed by atoms with Crippen LogP contribution in [0.3, 0.4) is 0 Å². The van der Waals surface area contributed by atoms with E-state index >= 15 is 0 Å². The minimum Gasteiger partial charge on any atom is -0.497 e. The summed E-state index contributed by atoms with van der Waals surface area (Å²) < 4.78 is 9.95. The molecule has 1 aromatic heterocycles. The predicted octanol–water partition coefficient (Wildman–Crippen LogP) is 2.03. The van der Waals surface area contributed by atoms with Crippen LogP contribution in [-0.2, 0) is 16.0 Å². The fourth-order valence-corrected chi connectivity index (χ4v) is 3.28. The molecule has 0 saturated heterocycles. The van der Waals surface area contributed by atoms with Crippen molar-refractivity contribution in [2.24, 2.45) is 0 Å². The molecule has 1 aliphatic rings. The molecule has 0 radical (unpaired) electrons. The van der Waals surface area contributed by atoms with Crippen LogP contribution in [0.2, 0.25) is 0 Å². The molecule has 2 aromatic rings. The predicted molar refractivity (Wildman–Crippen MR) is 98.5 cm³/mol. The normalized spacial score (nSPS) is 15.8. The number of hydrogen-bond acceptors (Lipinski definition) is 5. The van der Waals surface area contributed by atoms with Gasteiger partial charge < -0.3 is 24.7 Å². The van der Waals surface area contributed by atoms with Gasteiger partial charge in [0.2, 0.25) is 0 Å². The number of fused-ring (bicyclic) bond motifs is 1. The molecule has 1 atom stereocenters. The molecular formula is C19H24N4O4. The number of carbonyl (C=O) groups excluding carboxylic acids is 2. The van der Waals surface area contributed by atoms with Crippen molar-refractivity contribution in [1.82, 2.24) is 20.2 Å². The van der Waals surface area contributed by atoms with Crippen molar-refractivity contribution in [3.8, 4) is 5.75 Å². The summed E-state index contributed by atoms with van der Waals surface area (Å²) in [5.74, 6) is 0.450. The number of nitrogens with one attached hydrogen (secondary N) is 2. The summed E-state index contributed by atoms with van der Waals surface area (Å²) in [4.78, 5) is 33.4. The lowest BCUT2D eigenvalue weighted by molar-refractivity contribution is -0.140. The molecule has 1 aromatic carbocycles. The van der Waals surface area contributed by atoms with Crippen LogP contribution in [0.1, 0.15) is 35.8 Å². The number of hydrogen-bond donors (Lipinski definition) is 2. The molecule has 8 heteroatoms. The Morgan fingerprint density at radius 3 is 3.00 bits per heavy atom. The van der Waals surface area contributed by atoms with Gasteiger partial charge in [-0.2, -0.15) is 0 Å². The minimum atomic E-state index is -0.296. The molecule has 2 amide bonds. The van der Waals surface area contributed by atoms with Crippen LogP contribution in [0.25, 0.3) is 0 Å². The van der Waals surface area contributed by atoms with E-state index in [0.717, 1.165) is 22.7 Å². The monoisotopic (exact) mass is 372 g/mol. The minimum absolute atomic E-state index is 0.179. The standard InChI is InChI=1S/C19H24N4O4/c1-26-14-6-3-5-13(11-14)18-17-15(21-12-22-17)8-10-23(18)19(25)20-9-4-7-16(24)27-2/h3,5-6,11-12,18H,4,7-10H2,1-2H3,(H,20,25)(H,21,22). The van der Waals surface area contributed by atoms with Crippen molar-refractivity contribution in [1.29, 1.82) is 0 Å². The van der Waals surface area contributed by atoms with Gasteiger partial charge in [0.1, 0.15) is 11.8 Å². The van der Waals surface area contributed by atoms with Crippen molar-refractivity contribution in [2.45, 2.75) is 25.3 Å². The van der Waals surface area contributed by atoms with Gasteiger partial charge in [0.15, 0.2) is 0 Å². The van der Waals surface area contributed by atoms with Gasteiger partial charge >= 0.3 is 12.0 Å². The highest BCUT2D eigenvalue weighted by Crippen LogP contribution is 2.34. The Hall–Kier alpha value is -3.03. The molecular weight excluding hydrogens is 348 g/mol. The Kier molecular flexibility index (Phi) is 5.95. The number of urea groups is 1. The van der Waals surface area contributed by atoms with Crippen LogP contribution in [0.4, 0.5) is 4.79 Å². The third kappa shape index (κ3) is 4.21. The molecule has 2 N–H and O–H groups in total. The first-order valence-corrected chi connectivity index (χ1v) is 8.91. The number of rotatable bonds is 6. The summed E-state index contributed by atoms with van der Waals surface area (Å²) in [5, 5.41) is 2.89. The first-order valence-electron chi connectivity index (χ1n) is 8.91. The van der Waals surface area contributed by atoms with Gasteiger partial charge in [-0.3, -0.25) is 4.79 Å². The number of aromatic nitrogens is 2. The van der Waals surface area contributed by atoms with Crippen molar-refractivity contribution < 1.29 is 19.1 Å². The van der Waals surface area contributed by atoms with E-state index in [-0.39, 0.29) is 24.5 Å². The first-order chi connectivity index (χ1) is 13.1. The number of benzene rings is 1. The lowest BCUT2D eigenvalue weighted by Gasteiger charge is -2.35. The van der Waals surface area contributed by atoms with Crippen LogP contribution in [0.5, 0.6) is 5.75 Å². The number of ether oxygens (including phenoxy) is 2. The molecule has 3 rings (SSSR count). The molecule has 0 aliphatic carbocycles. The van der Waals surface area contributed by atoms with E-state index < -0.39 is 0 Å². The van der Waals surface area contributed by atoms with Crippen molar-refractivity contribution in [2.75, 3.05) is 27.3 Å². The first kappa shape index (κ1) is 18.8. The maximum Gasteiger partial charge on any atom is 0.318 e. The Morgan fingerprint density at radius 1 is 1.37 bits per heavy atom. The number of H-pyrrole nitrogens is 1. The Labute approximate surface area is 157 Å². The Morgan fingerprint density at radius 2 is 2.22 bits per heavy atom. The van der Waals surface area contributed by atoms with E-state index in [1.165, 1.54) is 7.11 Å². The second kappa shape index (κ2) is 8.57. The van der Waals surface area contributed by atoms with E-state index in [1.807, 2.05) is 24.3 Å². The number of nitrogens with zero attached hydrogens (tertiary/aromatic N) is 2. The van der Waals surface area contributed by atoms with E-state index in [9.17, 15) is 9.59 Å². The molecule has 0 spiro atoms. The number of aromatic amines is 1. The van der Waals surface area contributed by atoms with Crippen LogP contribution >= 0.6 is 0 Å². The van der Waals surface area contributed by atoms with Crippen molar-refractivity contribution in [3.63, 3.8) is 0 Å². The number of esters is 1. The number of amides is 2. The second-order valence-electron chi connectivity index (χ2n) is 6.30. The molecule has 144 valence electrons. The van der Waals surface area contributed by atoms with E-state index in [1.54, 1.807) is 18.3 Å². The average molecular weight is 372 g/mol. The fourth-order valence-electron chi connectivity index (χ4n) is 3.28. The number of methoxy groups -OCH3 is 2. The smallest absolute Gasteiger partial charge is 0.318 e. The zero-order valence-electron chi connectivity index (χ0n) is 15.5. The third-order valence-electron chi connectivity index (χ3n) is 4.66. The summed E-state index contributed by atoms with van der Waals surface area (Å²) >= 11 is 0. The zero-order valence-corrected chi connectivity index (χ0v) is 15.5. The Balaban J connectivity index is 1.76. The van der Waals surface area contributed by atoms with Gasteiger partial charge in [-0.05, 0) is 24.1 Å². The maximum absolute atomic E-state index is 12.8. The third-order valence-corrected chi connectivity index (χ3v) is 4.66. The summed E-state index contributed by atoms with van der Waals surface area (Å²) in [5.41, 5.74) is 2.82. The van der Waals surface area contributed by atoms with Gasteiger partial charge in [0, 0.05) is 31.6 Å². The quantitative estimate of drug-likeness (QED) is 0.597. The molecule has 0 saturated carbocycles. The number of imidazole rings is 1. The van der Waals surface area contributed by atoms with Gasteiger partial charge in [-0.25, -0.2) is 9.78 Å². The van der Waals surface area contributed by atoms with Crippen molar-refractivity contribution >= 4 is 12.0 Å². The van der Waals surface area contributed by atoms with Crippen LogP contribution in [0.15, 0.2) is 30.6 Å². The van der Waals surface area contributed by atoms with Gasteiger partial charge in [-0.1, -0.05) is 12.1 Å². The van der Waals surface area contributed by atoms with E-state index in [4.69, 9.17) is 4.74 Å². The fraction of sp³-hybridized carbons (Fsp3) is 0.421. The van der Waals surface area contributed by atoms with Crippen LogP contribution in [0, 0.1) is 0 Å². The molecule has 27 heavy (non-hydrogen) atoms. The topological polar surface area (TPSA) is 96.6 Å². The lowest BCUT2D eigenvalue weighted by Crippen LogP contribution is -2.46. The lowest BCUT2D eigenvalue weighted by atomic mass is 9.96. The maximum atomic E-state index is 12.8. The molecule has 1 unspecified atom stereocenters. The molecule has 8 nitrogen and oxygen atoms in total. The van der Waals surface area contributed by atoms with Crippen LogP contribution in [-0.4, -0.2) is 54.2 Å².